The molecule has 25 heavy (non-hydrogen) atoms. The van der Waals surface area contributed by atoms with E-state index in [1.165, 1.54) is 25.1 Å². The lowest BCUT2D eigenvalue weighted by Crippen LogP contribution is -2.35. The summed E-state index contributed by atoms with van der Waals surface area (Å²) in [5, 5.41) is 1.47. The quantitative estimate of drug-likeness (QED) is 0.466. The van der Waals surface area contributed by atoms with Crippen LogP contribution in [0.4, 0.5) is 4.39 Å². The molecule has 1 saturated heterocycles. The number of esters is 2. The first-order chi connectivity index (χ1) is 11.9. The first-order valence-electron chi connectivity index (χ1n) is 7.81. The Kier molecular flexibility index (Phi) is 6.83. The SMILES string of the molecule is CC(=O)SC(CC(=O)OC(=O)[C@@H]1CCCN1)C(=O)c1cccc(F)c1. The van der Waals surface area contributed by atoms with Crippen molar-refractivity contribution in [2.45, 2.75) is 37.5 Å². The number of thioether (sulfide) groups is 1. The lowest BCUT2D eigenvalue weighted by molar-refractivity contribution is -0.160. The second kappa shape index (κ2) is 8.87. The van der Waals surface area contributed by atoms with Gasteiger partial charge in [0.1, 0.15) is 11.9 Å². The molecule has 1 aromatic rings. The van der Waals surface area contributed by atoms with Crippen molar-refractivity contribution in [2.24, 2.45) is 0 Å². The van der Waals surface area contributed by atoms with Gasteiger partial charge in [0.25, 0.3) is 0 Å². The van der Waals surface area contributed by atoms with E-state index in [1.54, 1.807) is 0 Å². The molecule has 1 heterocycles. The molecule has 1 aromatic carbocycles. The summed E-state index contributed by atoms with van der Waals surface area (Å²) >= 11 is 0.657. The monoisotopic (exact) mass is 367 g/mol. The Morgan fingerprint density at radius 3 is 2.72 bits per heavy atom. The normalized spacial score (nSPS) is 17.8. The molecule has 1 aliphatic heterocycles. The van der Waals surface area contributed by atoms with Gasteiger partial charge in [0.2, 0.25) is 0 Å². The molecule has 1 N–H and O–H groups in total. The molecular weight excluding hydrogens is 349 g/mol. The van der Waals surface area contributed by atoms with Gasteiger partial charge >= 0.3 is 11.9 Å². The fraction of sp³-hybridized carbons (Fsp3) is 0.412. The predicted molar refractivity (Wildman–Crippen MR) is 89.5 cm³/mol. The van der Waals surface area contributed by atoms with Crippen molar-refractivity contribution >= 4 is 34.6 Å². The van der Waals surface area contributed by atoms with Crippen LogP contribution in [-0.2, 0) is 19.1 Å². The standard InChI is InChI=1S/C17H18FNO5S/c1-10(20)25-14(16(22)11-4-2-5-12(18)8-11)9-15(21)24-17(23)13-6-3-7-19-13/h2,4-5,8,13-14,19H,3,6-7,9H2,1H3/t13-,14?/m0/s1. The number of halogens is 1. The van der Waals surface area contributed by atoms with E-state index in [0.29, 0.717) is 24.7 Å². The average molecular weight is 367 g/mol. The van der Waals surface area contributed by atoms with Gasteiger partial charge in [0.05, 0.1) is 11.7 Å². The maximum absolute atomic E-state index is 13.3. The zero-order chi connectivity index (χ0) is 18.4. The lowest BCUT2D eigenvalue weighted by atomic mass is 10.1. The highest BCUT2D eigenvalue weighted by molar-refractivity contribution is 8.14. The number of ether oxygens (including phenoxy) is 1. The third-order valence-electron chi connectivity index (χ3n) is 3.62. The zero-order valence-electron chi connectivity index (χ0n) is 13.6. The highest BCUT2D eigenvalue weighted by Crippen LogP contribution is 2.22. The van der Waals surface area contributed by atoms with Gasteiger partial charge in [0, 0.05) is 12.5 Å². The fourth-order valence-corrected chi connectivity index (χ4v) is 3.34. The summed E-state index contributed by atoms with van der Waals surface area (Å²) in [6.07, 6.45) is 0.951. The third kappa shape index (κ3) is 5.75. The topological polar surface area (TPSA) is 89.5 Å². The van der Waals surface area contributed by atoms with Gasteiger partial charge in [-0.3, -0.25) is 14.4 Å². The minimum Gasteiger partial charge on any atom is -0.392 e. The maximum Gasteiger partial charge on any atom is 0.330 e. The Morgan fingerprint density at radius 2 is 2.12 bits per heavy atom. The van der Waals surface area contributed by atoms with Crippen molar-refractivity contribution in [3.8, 4) is 0 Å². The van der Waals surface area contributed by atoms with Crippen LogP contribution in [0, 0.1) is 5.82 Å². The number of hydrogen-bond donors (Lipinski definition) is 1. The smallest absolute Gasteiger partial charge is 0.330 e. The molecule has 134 valence electrons. The number of carbonyl (C=O) groups excluding carboxylic acids is 4. The Balaban J connectivity index is 2.03. The lowest BCUT2D eigenvalue weighted by Gasteiger charge is -2.14. The number of Topliss-reactive ketones (excluding diaryl/α,β-unsaturated/α-hetero) is 1. The summed E-state index contributed by atoms with van der Waals surface area (Å²) in [6, 6.07) is 4.46. The van der Waals surface area contributed by atoms with Crippen molar-refractivity contribution in [3.63, 3.8) is 0 Å². The molecule has 8 heteroatoms. The van der Waals surface area contributed by atoms with Crippen LogP contribution in [0.15, 0.2) is 24.3 Å². The van der Waals surface area contributed by atoms with Gasteiger partial charge in [0.15, 0.2) is 10.9 Å². The summed E-state index contributed by atoms with van der Waals surface area (Å²) < 4.78 is 18.1. The zero-order valence-corrected chi connectivity index (χ0v) is 14.4. The van der Waals surface area contributed by atoms with Gasteiger partial charge in [-0.25, -0.2) is 9.18 Å². The highest BCUT2D eigenvalue weighted by Gasteiger charge is 2.30. The molecule has 0 amide bonds. The first-order valence-corrected chi connectivity index (χ1v) is 8.69. The molecule has 0 bridgehead atoms. The summed E-state index contributed by atoms with van der Waals surface area (Å²) in [6.45, 7) is 1.93. The number of benzene rings is 1. The molecule has 0 spiro atoms. The van der Waals surface area contributed by atoms with E-state index in [-0.39, 0.29) is 10.7 Å². The van der Waals surface area contributed by atoms with Crippen LogP contribution in [0.2, 0.25) is 0 Å². The van der Waals surface area contributed by atoms with Gasteiger partial charge < -0.3 is 10.1 Å². The number of rotatable bonds is 6. The predicted octanol–water partition coefficient (Wildman–Crippen LogP) is 1.87. The van der Waals surface area contributed by atoms with E-state index in [2.05, 4.69) is 5.32 Å². The van der Waals surface area contributed by atoms with Crippen LogP contribution in [0.25, 0.3) is 0 Å². The summed E-state index contributed by atoms with van der Waals surface area (Å²) in [7, 11) is 0. The molecule has 6 nitrogen and oxygen atoms in total. The van der Waals surface area contributed by atoms with E-state index in [9.17, 15) is 23.6 Å². The van der Waals surface area contributed by atoms with E-state index >= 15 is 0 Å². The third-order valence-corrected chi connectivity index (χ3v) is 4.62. The Labute approximate surface area is 148 Å². The van der Waals surface area contributed by atoms with Crippen LogP contribution in [-0.4, -0.2) is 40.7 Å². The van der Waals surface area contributed by atoms with Crippen molar-refractivity contribution in [1.82, 2.24) is 5.32 Å². The molecule has 0 aliphatic carbocycles. The fourth-order valence-electron chi connectivity index (χ4n) is 2.48. The average Bonchev–Trinajstić information content (AvgIpc) is 3.07. The van der Waals surface area contributed by atoms with Crippen LogP contribution in [0.1, 0.15) is 36.5 Å². The van der Waals surface area contributed by atoms with E-state index in [1.807, 2.05) is 0 Å². The van der Waals surface area contributed by atoms with Crippen LogP contribution >= 0.6 is 11.8 Å². The molecule has 0 saturated carbocycles. The van der Waals surface area contributed by atoms with Gasteiger partial charge in [-0.1, -0.05) is 23.9 Å². The molecule has 1 unspecified atom stereocenters. The summed E-state index contributed by atoms with van der Waals surface area (Å²) in [4.78, 5) is 47.7. The number of nitrogens with one attached hydrogen (secondary N) is 1. The Hall–Kier alpha value is -2.06. The molecule has 1 aliphatic rings. The summed E-state index contributed by atoms with van der Waals surface area (Å²) in [5.74, 6) is -2.74. The van der Waals surface area contributed by atoms with Crippen LogP contribution in [0.5, 0.6) is 0 Å². The van der Waals surface area contributed by atoms with Gasteiger partial charge in [-0.15, -0.1) is 0 Å². The molecule has 0 radical (unpaired) electrons. The Morgan fingerprint density at radius 1 is 1.36 bits per heavy atom. The van der Waals surface area contributed by atoms with Gasteiger partial charge in [-0.05, 0) is 31.5 Å². The van der Waals surface area contributed by atoms with Crippen molar-refractivity contribution < 1.29 is 28.3 Å². The maximum atomic E-state index is 13.3. The molecular formula is C17H18FNO5S. The van der Waals surface area contributed by atoms with E-state index < -0.39 is 41.3 Å². The number of ketones is 1. The first kappa shape index (κ1) is 19.3. The minimum absolute atomic E-state index is 0.0512. The van der Waals surface area contributed by atoms with Crippen LogP contribution in [0.3, 0.4) is 0 Å². The molecule has 2 rings (SSSR count). The van der Waals surface area contributed by atoms with Crippen LogP contribution < -0.4 is 5.32 Å². The minimum atomic E-state index is -1.07. The highest BCUT2D eigenvalue weighted by atomic mass is 32.2. The second-order valence-electron chi connectivity index (χ2n) is 5.62. The van der Waals surface area contributed by atoms with Crippen molar-refractivity contribution in [3.05, 3.63) is 35.6 Å². The largest absolute Gasteiger partial charge is 0.392 e. The van der Waals surface area contributed by atoms with E-state index in [0.717, 1.165) is 12.5 Å². The molecule has 1 fully saturated rings. The van der Waals surface area contributed by atoms with E-state index in [4.69, 9.17) is 4.74 Å². The Bertz CT molecular complexity index is 687. The summed E-state index contributed by atoms with van der Waals surface area (Å²) in [5.41, 5.74) is 0.0512. The second-order valence-corrected chi connectivity index (χ2v) is 7.00. The van der Waals surface area contributed by atoms with Gasteiger partial charge in [-0.2, -0.15) is 0 Å². The number of carbonyl (C=O) groups is 4. The number of hydrogen-bond acceptors (Lipinski definition) is 7. The molecule has 2 atom stereocenters. The van der Waals surface area contributed by atoms with Crippen molar-refractivity contribution in [1.29, 1.82) is 0 Å². The van der Waals surface area contributed by atoms with Crippen molar-refractivity contribution in [2.75, 3.05) is 6.54 Å². The molecule has 0 aromatic heterocycles.